The van der Waals surface area contributed by atoms with Crippen LogP contribution >= 0.6 is 0 Å². The van der Waals surface area contributed by atoms with E-state index in [1.807, 2.05) is 78.9 Å². The normalized spacial score (nSPS) is 11.4. The molecule has 0 unspecified atom stereocenters. The van der Waals surface area contributed by atoms with Crippen LogP contribution in [0.3, 0.4) is 0 Å². The molecule has 0 aliphatic rings. The molecule has 0 saturated heterocycles. The van der Waals surface area contributed by atoms with Crippen molar-refractivity contribution in [3.05, 3.63) is 169 Å². The largest absolute Gasteiger partial charge is 0.354 e. The van der Waals surface area contributed by atoms with Gasteiger partial charge in [0.25, 0.3) is 0 Å². The van der Waals surface area contributed by atoms with E-state index >= 15 is 0 Å². The zero-order valence-corrected chi connectivity index (χ0v) is 27.8. The number of hydrogen-bond donors (Lipinski definition) is 1. The summed E-state index contributed by atoms with van der Waals surface area (Å²) in [7, 11) is 0. The van der Waals surface area contributed by atoms with E-state index < -0.39 is 0 Å². The summed E-state index contributed by atoms with van der Waals surface area (Å²) >= 11 is 0. The average molecular weight is 665 g/mol. The Labute approximate surface area is 298 Å². The Morgan fingerprint density at radius 2 is 1.10 bits per heavy atom. The van der Waals surface area contributed by atoms with E-state index in [4.69, 9.17) is 15.0 Å². The molecule has 242 valence electrons. The summed E-state index contributed by atoms with van der Waals surface area (Å²) in [5, 5.41) is 14.5. The Morgan fingerprint density at radius 1 is 0.462 bits per heavy atom. The van der Waals surface area contributed by atoms with E-state index in [-0.39, 0.29) is 0 Å². The van der Waals surface area contributed by atoms with Crippen molar-refractivity contribution in [2.75, 3.05) is 0 Å². The molecule has 52 heavy (non-hydrogen) atoms. The number of fused-ring (bicyclic) bond motifs is 6. The lowest BCUT2D eigenvalue weighted by Crippen LogP contribution is -2.04. The second kappa shape index (κ2) is 11.9. The van der Waals surface area contributed by atoms with Crippen LogP contribution < -0.4 is 0 Å². The van der Waals surface area contributed by atoms with Crippen LogP contribution in [0.15, 0.2) is 164 Å². The molecule has 1 N–H and O–H groups in total. The minimum Gasteiger partial charge on any atom is -0.354 e. The van der Waals surface area contributed by atoms with Crippen LogP contribution in [0.2, 0.25) is 0 Å². The molecule has 0 fully saturated rings. The third-order valence-corrected chi connectivity index (χ3v) is 9.83. The van der Waals surface area contributed by atoms with Crippen LogP contribution in [0.4, 0.5) is 0 Å². The number of benzene rings is 7. The minimum atomic E-state index is 0.552. The Hall–Kier alpha value is -7.36. The maximum Gasteiger partial charge on any atom is 0.166 e. The number of H-pyrrole nitrogens is 1. The predicted octanol–water partition coefficient (Wildman–Crippen LogP) is 11.1. The minimum absolute atomic E-state index is 0.552. The number of hydrogen-bond acceptors (Lipinski definition) is 4. The summed E-state index contributed by atoms with van der Waals surface area (Å²) in [6.07, 6.45) is 0. The molecule has 6 nitrogen and oxygen atoms in total. The van der Waals surface area contributed by atoms with Crippen molar-refractivity contribution >= 4 is 43.6 Å². The zero-order valence-electron chi connectivity index (χ0n) is 27.8. The van der Waals surface area contributed by atoms with Gasteiger partial charge in [-0.25, -0.2) is 15.0 Å². The van der Waals surface area contributed by atoms with Gasteiger partial charge in [0.2, 0.25) is 0 Å². The number of rotatable bonds is 5. The van der Waals surface area contributed by atoms with Gasteiger partial charge < -0.3 is 9.55 Å². The lowest BCUT2D eigenvalue weighted by atomic mass is 9.98. The summed E-state index contributed by atoms with van der Waals surface area (Å²) in [5.41, 5.74) is 10.4. The third kappa shape index (κ3) is 4.76. The quantitative estimate of drug-likeness (QED) is 0.198. The van der Waals surface area contributed by atoms with Gasteiger partial charge in [-0.05, 0) is 42.0 Å². The average Bonchev–Trinajstić information content (AvgIpc) is 3.76. The smallest absolute Gasteiger partial charge is 0.166 e. The number of aromatic nitrogens is 5. The van der Waals surface area contributed by atoms with Crippen LogP contribution in [0.5, 0.6) is 0 Å². The van der Waals surface area contributed by atoms with Gasteiger partial charge in [0.1, 0.15) is 0 Å². The second-order valence-electron chi connectivity index (χ2n) is 12.9. The molecule has 0 amide bonds. The highest BCUT2D eigenvalue weighted by atomic mass is 15.1. The second-order valence-corrected chi connectivity index (χ2v) is 12.9. The fraction of sp³-hybridized carbons (Fsp3) is 0. The summed E-state index contributed by atoms with van der Waals surface area (Å²) in [4.78, 5) is 19.1. The SMILES string of the molecule is N#Cc1ccc2c3ccccc3n(-c3ccc(-c4cccc5c4[nH]c4ccccc45)cc3-c3nc(-c4ccccc4)nc(-c4ccccc4)n3)c2c1. The lowest BCUT2D eigenvalue weighted by molar-refractivity contribution is 1.06. The van der Waals surface area contributed by atoms with Crippen LogP contribution in [-0.2, 0) is 0 Å². The maximum absolute atomic E-state index is 9.96. The topological polar surface area (TPSA) is 83.2 Å². The van der Waals surface area contributed by atoms with Gasteiger partial charge in [0.05, 0.1) is 33.9 Å². The Bertz CT molecular complexity index is 2970. The first-order chi connectivity index (χ1) is 25.7. The first-order valence-corrected chi connectivity index (χ1v) is 17.2. The predicted molar refractivity (Wildman–Crippen MR) is 210 cm³/mol. The van der Waals surface area contributed by atoms with Crippen molar-refractivity contribution in [1.29, 1.82) is 5.26 Å². The monoisotopic (exact) mass is 664 g/mol. The molecule has 0 atom stereocenters. The maximum atomic E-state index is 9.96. The first kappa shape index (κ1) is 29.5. The number of aromatic amines is 1. The van der Waals surface area contributed by atoms with Gasteiger partial charge in [0, 0.05) is 49.3 Å². The Kier molecular flexibility index (Phi) is 6.76. The number of nitrogens with one attached hydrogen (secondary N) is 1. The first-order valence-electron chi connectivity index (χ1n) is 17.2. The van der Waals surface area contributed by atoms with Gasteiger partial charge in [-0.3, -0.25) is 0 Å². The molecular weight excluding hydrogens is 637 g/mol. The van der Waals surface area contributed by atoms with Gasteiger partial charge in [0.15, 0.2) is 17.5 Å². The molecule has 3 aromatic heterocycles. The van der Waals surface area contributed by atoms with E-state index in [0.29, 0.717) is 23.0 Å². The van der Waals surface area contributed by atoms with Gasteiger partial charge in [-0.1, -0.05) is 127 Å². The molecule has 0 saturated carbocycles. The molecule has 6 heteroatoms. The third-order valence-electron chi connectivity index (χ3n) is 9.83. The Balaban J connectivity index is 1.31. The van der Waals surface area contributed by atoms with E-state index in [1.54, 1.807) is 0 Å². The van der Waals surface area contributed by atoms with Crippen molar-refractivity contribution in [3.63, 3.8) is 0 Å². The van der Waals surface area contributed by atoms with Gasteiger partial charge >= 0.3 is 0 Å². The Morgan fingerprint density at radius 3 is 1.85 bits per heavy atom. The fourth-order valence-electron chi connectivity index (χ4n) is 7.42. The highest BCUT2D eigenvalue weighted by Gasteiger charge is 2.21. The molecule has 0 aliphatic carbocycles. The molecule has 10 aromatic rings. The van der Waals surface area contributed by atoms with Crippen LogP contribution in [0, 0.1) is 11.3 Å². The standard InChI is InChI=1S/C46H28N6/c47-28-29-22-24-36-35-17-8-10-21-40(35)52(42(36)26-29)41-25-23-32(33-18-11-19-37-34-16-7-9-20-39(34)48-43(33)37)27-38(41)46-50-44(30-12-3-1-4-13-30)49-45(51-46)31-14-5-2-6-15-31/h1-27,48H. The van der Waals surface area contributed by atoms with E-state index in [1.165, 1.54) is 10.8 Å². The molecule has 0 radical (unpaired) electrons. The van der Waals surface area contributed by atoms with E-state index in [2.05, 4.69) is 101 Å². The van der Waals surface area contributed by atoms with Crippen LogP contribution in [0.1, 0.15) is 5.56 Å². The number of nitrogens with zero attached hydrogens (tertiary/aromatic N) is 5. The van der Waals surface area contributed by atoms with Crippen LogP contribution in [-0.4, -0.2) is 24.5 Å². The fourth-order valence-corrected chi connectivity index (χ4v) is 7.42. The van der Waals surface area contributed by atoms with Crippen molar-refractivity contribution < 1.29 is 0 Å². The highest BCUT2D eigenvalue weighted by molar-refractivity contribution is 6.12. The van der Waals surface area contributed by atoms with Crippen LogP contribution in [0.25, 0.3) is 94.6 Å². The molecule has 7 aromatic carbocycles. The number of para-hydroxylation sites is 3. The van der Waals surface area contributed by atoms with E-state index in [9.17, 15) is 5.26 Å². The molecular formula is C46H28N6. The van der Waals surface area contributed by atoms with Crippen molar-refractivity contribution in [1.82, 2.24) is 24.5 Å². The van der Waals surface area contributed by atoms with Gasteiger partial charge in [-0.2, -0.15) is 5.26 Å². The lowest BCUT2D eigenvalue weighted by Gasteiger charge is -2.16. The molecule has 10 rings (SSSR count). The molecule has 3 heterocycles. The highest BCUT2D eigenvalue weighted by Crippen LogP contribution is 2.40. The van der Waals surface area contributed by atoms with Crippen molar-refractivity contribution in [2.24, 2.45) is 0 Å². The van der Waals surface area contributed by atoms with Gasteiger partial charge in [-0.15, -0.1) is 0 Å². The molecule has 0 bridgehead atoms. The summed E-state index contributed by atoms with van der Waals surface area (Å²) in [5.74, 6) is 1.73. The summed E-state index contributed by atoms with van der Waals surface area (Å²) in [6, 6.07) is 58.1. The molecule has 0 spiro atoms. The van der Waals surface area contributed by atoms with E-state index in [0.717, 1.165) is 66.3 Å². The number of nitriles is 1. The molecule has 0 aliphatic heterocycles. The van der Waals surface area contributed by atoms with Crippen molar-refractivity contribution in [3.8, 4) is 57.0 Å². The van der Waals surface area contributed by atoms with Crippen molar-refractivity contribution in [2.45, 2.75) is 0 Å². The summed E-state index contributed by atoms with van der Waals surface area (Å²) in [6.45, 7) is 0. The zero-order chi connectivity index (χ0) is 34.6. The summed E-state index contributed by atoms with van der Waals surface area (Å²) < 4.78 is 2.24.